The van der Waals surface area contributed by atoms with Gasteiger partial charge in [-0.3, -0.25) is 0 Å². The Kier molecular flexibility index (Phi) is 3.97. The van der Waals surface area contributed by atoms with E-state index in [2.05, 4.69) is 4.39 Å². The lowest BCUT2D eigenvalue weighted by Gasteiger charge is -2.04. The lowest BCUT2D eigenvalue weighted by atomic mass is 10.7. The zero-order chi connectivity index (χ0) is 10.7. The Labute approximate surface area is 69.0 Å². The lowest BCUT2D eigenvalue weighted by Crippen LogP contribution is -2.18. The second-order valence-electron chi connectivity index (χ2n) is 1.74. The standard InChI is InChI=1S/C3H3F6NO2S/c4-2(5)13(11,12-9)10-1-3(6,7)8/h2H,1H2. The van der Waals surface area contributed by atoms with Crippen LogP contribution in [0.5, 0.6) is 0 Å². The molecule has 0 aliphatic carbocycles. The summed E-state index contributed by atoms with van der Waals surface area (Å²) in [6, 6.07) is 0. The maximum Gasteiger partial charge on any atom is 0.408 e. The molecule has 0 aliphatic rings. The summed E-state index contributed by atoms with van der Waals surface area (Å²) in [4.78, 5) is 0. The Morgan fingerprint density at radius 1 is 1.38 bits per heavy atom. The molecule has 0 aromatic rings. The van der Waals surface area contributed by atoms with Gasteiger partial charge in [0.2, 0.25) is 0 Å². The molecule has 80 valence electrons. The van der Waals surface area contributed by atoms with Crippen LogP contribution >= 0.6 is 0 Å². The summed E-state index contributed by atoms with van der Waals surface area (Å²) in [5.74, 6) is -3.93. The van der Waals surface area contributed by atoms with E-state index in [1.165, 1.54) is 0 Å². The number of halogens is 6. The van der Waals surface area contributed by atoms with Crippen LogP contribution in [0.3, 0.4) is 0 Å². The van der Waals surface area contributed by atoms with Crippen LogP contribution < -0.4 is 0 Å². The minimum absolute atomic E-state index is 1.90. The Balaban J connectivity index is 4.69. The largest absolute Gasteiger partial charge is 0.408 e. The molecule has 0 bridgehead atoms. The van der Waals surface area contributed by atoms with E-state index in [-0.39, 0.29) is 0 Å². The van der Waals surface area contributed by atoms with E-state index in [1.54, 1.807) is 0 Å². The summed E-state index contributed by atoms with van der Waals surface area (Å²) in [6.07, 6.45) is -4.93. The van der Waals surface area contributed by atoms with Crippen molar-refractivity contribution in [3.63, 3.8) is 0 Å². The number of hydrogen-bond acceptors (Lipinski definition) is 3. The van der Waals surface area contributed by atoms with Crippen molar-refractivity contribution in [3.05, 3.63) is 0 Å². The normalized spacial score (nSPS) is 17.2. The van der Waals surface area contributed by atoms with Crippen LogP contribution in [0.15, 0.2) is 4.36 Å². The summed E-state index contributed by atoms with van der Waals surface area (Å²) < 4.78 is 82.7. The first-order valence-corrected chi connectivity index (χ1v) is 4.08. The van der Waals surface area contributed by atoms with Crippen LogP contribution in [0, 0.1) is 0 Å². The van der Waals surface area contributed by atoms with Gasteiger partial charge in [-0.2, -0.15) is 26.3 Å². The first-order chi connectivity index (χ1) is 5.71. The van der Waals surface area contributed by atoms with Crippen LogP contribution in [0.4, 0.5) is 26.5 Å². The molecule has 0 aromatic heterocycles. The molecule has 1 atom stereocenters. The van der Waals surface area contributed by atoms with Gasteiger partial charge in [-0.1, -0.05) is 4.39 Å². The van der Waals surface area contributed by atoms with E-state index in [4.69, 9.17) is 0 Å². The molecule has 0 aromatic carbocycles. The van der Waals surface area contributed by atoms with Gasteiger partial charge in [0.1, 0.15) is 6.54 Å². The third-order valence-corrected chi connectivity index (χ3v) is 1.86. The van der Waals surface area contributed by atoms with E-state index in [9.17, 15) is 30.7 Å². The number of alkyl halides is 5. The van der Waals surface area contributed by atoms with Crippen molar-refractivity contribution in [2.75, 3.05) is 6.54 Å². The fourth-order valence-electron chi connectivity index (χ4n) is 0.267. The molecule has 0 amide bonds. The van der Waals surface area contributed by atoms with Crippen LogP contribution in [0.1, 0.15) is 0 Å². The van der Waals surface area contributed by atoms with E-state index in [0.29, 0.717) is 0 Å². The highest BCUT2D eigenvalue weighted by Crippen LogP contribution is 2.18. The maximum absolute atomic E-state index is 11.6. The lowest BCUT2D eigenvalue weighted by molar-refractivity contribution is -0.118. The van der Waals surface area contributed by atoms with E-state index in [1.807, 2.05) is 4.36 Å². The Morgan fingerprint density at radius 2 is 1.85 bits per heavy atom. The third kappa shape index (κ3) is 4.31. The summed E-state index contributed by atoms with van der Waals surface area (Å²) in [5.41, 5.74) is 0. The van der Waals surface area contributed by atoms with Crippen molar-refractivity contribution in [2.24, 2.45) is 4.36 Å². The fourth-order valence-corrected chi connectivity index (χ4v) is 0.801. The smallest absolute Gasteiger partial charge is 0.212 e. The molecule has 13 heavy (non-hydrogen) atoms. The molecular formula is C3H3F6NO2S. The van der Waals surface area contributed by atoms with Crippen molar-refractivity contribution in [1.82, 2.24) is 0 Å². The van der Waals surface area contributed by atoms with Crippen LogP contribution in [0.2, 0.25) is 0 Å². The minimum atomic E-state index is -5.17. The number of nitrogens with zero attached hydrogens (tertiary/aromatic N) is 1. The molecule has 10 heteroatoms. The van der Waals surface area contributed by atoms with Crippen molar-refractivity contribution >= 4 is 10.0 Å². The Bertz CT molecular complexity index is 266. The van der Waals surface area contributed by atoms with Gasteiger partial charge in [0.15, 0.2) is 0 Å². The van der Waals surface area contributed by atoms with Gasteiger partial charge in [0.05, 0.1) is 0 Å². The quantitative estimate of drug-likeness (QED) is 0.697. The van der Waals surface area contributed by atoms with Crippen molar-refractivity contribution in [1.29, 1.82) is 0 Å². The predicted octanol–water partition coefficient (Wildman–Crippen LogP) is 2.06. The zero-order valence-electron chi connectivity index (χ0n) is 5.72. The highest BCUT2D eigenvalue weighted by molar-refractivity contribution is 7.89. The van der Waals surface area contributed by atoms with Gasteiger partial charge in [-0.25, -0.2) is 4.21 Å². The fraction of sp³-hybridized carbons (Fsp3) is 1.00. The van der Waals surface area contributed by atoms with Crippen LogP contribution in [0.25, 0.3) is 0 Å². The highest BCUT2D eigenvalue weighted by Gasteiger charge is 2.31. The Morgan fingerprint density at radius 3 is 2.08 bits per heavy atom. The number of hydrogen-bond donors (Lipinski definition) is 0. The van der Waals surface area contributed by atoms with Gasteiger partial charge >= 0.3 is 11.9 Å². The van der Waals surface area contributed by atoms with Crippen molar-refractivity contribution in [3.8, 4) is 0 Å². The molecule has 0 spiro atoms. The molecule has 0 saturated heterocycles. The van der Waals surface area contributed by atoms with E-state index in [0.717, 1.165) is 0 Å². The second-order valence-corrected chi connectivity index (χ2v) is 3.51. The monoisotopic (exact) mass is 231 g/mol. The summed E-state index contributed by atoms with van der Waals surface area (Å²) in [7, 11) is -5.17. The molecular weight excluding hydrogens is 228 g/mol. The van der Waals surface area contributed by atoms with Gasteiger partial charge in [0, 0.05) is 0 Å². The molecule has 0 rings (SSSR count). The van der Waals surface area contributed by atoms with Gasteiger partial charge in [0.25, 0.3) is 10.0 Å². The molecule has 0 saturated carbocycles. The molecule has 0 heterocycles. The van der Waals surface area contributed by atoms with Crippen LogP contribution in [-0.4, -0.2) is 22.7 Å². The van der Waals surface area contributed by atoms with Crippen LogP contribution in [-0.2, 0) is 14.4 Å². The minimum Gasteiger partial charge on any atom is -0.212 e. The average Bonchev–Trinajstić information content (AvgIpc) is 1.98. The SMILES string of the molecule is O=S(=NCC(F)(F)F)(OF)C(F)F. The first-order valence-electron chi connectivity index (χ1n) is 2.58. The summed E-state index contributed by atoms with van der Waals surface area (Å²) in [5, 5.41) is 0. The topological polar surface area (TPSA) is 38.7 Å². The maximum atomic E-state index is 11.6. The molecule has 0 aliphatic heterocycles. The molecule has 0 N–H and O–H groups in total. The van der Waals surface area contributed by atoms with Crippen molar-refractivity contribution < 1.29 is 35.1 Å². The third-order valence-electron chi connectivity index (χ3n) is 0.739. The second kappa shape index (κ2) is 4.13. The summed E-state index contributed by atoms with van der Waals surface area (Å²) in [6.45, 7) is -2.15. The van der Waals surface area contributed by atoms with Crippen molar-refractivity contribution in [2.45, 2.75) is 11.9 Å². The average molecular weight is 231 g/mol. The predicted molar refractivity (Wildman–Crippen MR) is 29.7 cm³/mol. The van der Waals surface area contributed by atoms with Gasteiger partial charge < -0.3 is 0 Å². The summed E-state index contributed by atoms with van der Waals surface area (Å²) >= 11 is 0. The Hall–Kier alpha value is -0.510. The molecule has 0 radical (unpaired) electrons. The highest BCUT2D eigenvalue weighted by atomic mass is 32.2. The first kappa shape index (κ1) is 12.5. The van der Waals surface area contributed by atoms with E-state index < -0.39 is 28.5 Å². The molecule has 0 fully saturated rings. The zero-order valence-corrected chi connectivity index (χ0v) is 6.54. The number of rotatable bonds is 3. The molecule has 1 unspecified atom stereocenters. The molecule has 3 nitrogen and oxygen atoms in total. The van der Waals surface area contributed by atoms with Gasteiger partial charge in [-0.05, 0) is 4.53 Å². The van der Waals surface area contributed by atoms with Gasteiger partial charge in [-0.15, -0.1) is 0 Å². The van der Waals surface area contributed by atoms with E-state index >= 15 is 0 Å².